The SMILES string of the molecule is O=C(Nc1ccccc1F)[C@@H]1CCCN(Cc2nc3ccccc3n2Cc2ccc(Cl)cc2)C1. The van der Waals surface area contributed by atoms with Crippen molar-refractivity contribution in [2.24, 2.45) is 5.92 Å². The third-order valence-corrected chi connectivity index (χ3v) is 6.61. The molecule has 1 fully saturated rings. The Kier molecular flexibility index (Phi) is 6.61. The third-order valence-electron chi connectivity index (χ3n) is 6.36. The molecule has 1 aliphatic rings. The maximum atomic E-state index is 14.0. The maximum Gasteiger partial charge on any atom is 0.228 e. The first-order valence-electron chi connectivity index (χ1n) is 11.5. The van der Waals surface area contributed by atoms with Gasteiger partial charge in [0.1, 0.15) is 11.6 Å². The molecule has 1 N–H and O–H groups in total. The fourth-order valence-corrected chi connectivity index (χ4v) is 4.73. The smallest absolute Gasteiger partial charge is 0.228 e. The lowest BCUT2D eigenvalue weighted by Crippen LogP contribution is -2.40. The molecule has 174 valence electrons. The summed E-state index contributed by atoms with van der Waals surface area (Å²) in [5.41, 5.74) is 3.42. The Balaban J connectivity index is 1.34. The first-order chi connectivity index (χ1) is 16.6. The van der Waals surface area contributed by atoms with Gasteiger partial charge in [-0.05, 0) is 61.3 Å². The van der Waals surface area contributed by atoms with E-state index in [-0.39, 0.29) is 17.5 Å². The number of hydrogen-bond donors (Lipinski definition) is 1. The number of carbonyl (C=O) groups excluding carboxylic acids is 1. The largest absolute Gasteiger partial charge is 0.323 e. The minimum atomic E-state index is -0.417. The molecule has 34 heavy (non-hydrogen) atoms. The summed E-state index contributed by atoms with van der Waals surface area (Å²) in [4.78, 5) is 20.0. The number of carbonyl (C=O) groups is 1. The van der Waals surface area contributed by atoms with E-state index >= 15 is 0 Å². The zero-order valence-corrected chi connectivity index (χ0v) is 19.5. The number of likely N-dealkylation sites (tertiary alicyclic amines) is 1. The van der Waals surface area contributed by atoms with Crippen molar-refractivity contribution in [2.45, 2.75) is 25.9 Å². The van der Waals surface area contributed by atoms with Gasteiger partial charge in [0.15, 0.2) is 0 Å². The van der Waals surface area contributed by atoms with E-state index < -0.39 is 5.82 Å². The summed E-state index contributed by atoms with van der Waals surface area (Å²) < 4.78 is 16.2. The van der Waals surface area contributed by atoms with Crippen molar-refractivity contribution in [3.05, 3.63) is 95.0 Å². The second-order valence-electron chi connectivity index (χ2n) is 8.77. The van der Waals surface area contributed by atoms with Crippen LogP contribution in [0.5, 0.6) is 0 Å². The van der Waals surface area contributed by atoms with Crippen LogP contribution in [0, 0.1) is 11.7 Å². The number of rotatable bonds is 6. The molecule has 1 aromatic heterocycles. The monoisotopic (exact) mass is 476 g/mol. The molecule has 0 unspecified atom stereocenters. The van der Waals surface area contributed by atoms with Crippen LogP contribution < -0.4 is 5.32 Å². The Morgan fingerprint density at radius 3 is 2.62 bits per heavy atom. The van der Waals surface area contributed by atoms with E-state index in [1.807, 2.05) is 42.5 Å². The van der Waals surface area contributed by atoms with Gasteiger partial charge in [0.25, 0.3) is 0 Å². The van der Waals surface area contributed by atoms with Gasteiger partial charge in [0.05, 0.1) is 29.2 Å². The molecule has 7 heteroatoms. The number of nitrogens with one attached hydrogen (secondary N) is 1. The number of amides is 1. The summed E-state index contributed by atoms with van der Waals surface area (Å²) in [5, 5.41) is 3.48. The highest BCUT2D eigenvalue weighted by Crippen LogP contribution is 2.24. The number of piperidine rings is 1. The standard InChI is InChI=1S/C27H26ClFN4O/c28-21-13-11-19(12-14-21)16-33-25-10-4-3-9-24(25)30-26(33)18-32-15-5-6-20(17-32)27(34)31-23-8-2-1-7-22(23)29/h1-4,7-14,20H,5-6,15-18H2,(H,31,34)/t20-/m1/s1. The average Bonchev–Trinajstić information content (AvgIpc) is 3.19. The fraction of sp³-hybridized carbons (Fsp3) is 0.259. The molecule has 1 saturated heterocycles. The molecule has 0 spiro atoms. The van der Waals surface area contributed by atoms with Gasteiger partial charge in [-0.15, -0.1) is 0 Å². The van der Waals surface area contributed by atoms with Crippen molar-refractivity contribution in [1.29, 1.82) is 0 Å². The number of halogens is 2. The van der Waals surface area contributed by atoms with E-state index in [4.69, 9.17) is 16.6 Å². The minimum absolute atomic E-state index is 0.135. The molecule has 5 rings (SSSR count). The highest BCUT2D eigenvalue weighted by molar-refractivity contribution is 6.30. The van der Waals surface area contributed by atoms with Crippen molar-refractivity contribution >= 4 is 34.2 Å². The molecule has 2 heterocycles. The number of fused-ring (bicyclic) bond motifs is 1. The minimum Gasteiger partial charge on any atom is -0.323 e. The second kappa shape index (κ2) is 9.95. The fourth-order valence-electron chi connectivity index (χ4n) is 4.61. The number of anilines is 1. The summed E-state index contributed by atoms with van der Waals surface area (Å²) in [7, 11) is 0. The maximum absolute atomic E-state index is 14.0. The molecule has 4 aromatic rings. The third kappa shape index (κ3) is 4.98. The summed E-state index contributed by atoms with van der Waals surface area (Å²) >= 11 is 6.07. The predicted octanol–water partition coefficient (Wildman–Crippen LogP) is 5.73. The Bertz CT molecular complexity index is 1300. The van der Waals surface area contributed by atoms with Crippen LogP contribution in [0.25, 0.3) is 11.0 Å². The molecule has 1 amide bonds. The van der Waals surface area contributed by atoms with Crippen LogP contribution in [-0.4, -0.2) is 33.4 Å². The zero-order valence-electron chi connectivity index (χ0n) is 18.8. The van der Waals surface area contributed by atoms with Crippen LogP contribution in [-0.2, 0) is 17.9 Å². The van der Waals surface area contributed by atoms with Gasteiger partial charge >= 0.3 is 0 Å². The first-order valence-corrected chi connectivity index (χ1v) is 11.9. The zero-order chi connectivity index (χ0) is 23.5. The van der Waals surface area contributed by atoms with E-state index in [1.165, 1.54) is 6.07 Å². The average molecular weight is 477 g/mol. The molecule has 5 nitrogen and oxygen atoms in total. The van der Waals surface area contributed by atoms with Gasteiger partial charge in [-0.3, -0.25) is 9.69 Å². The Hall–Kier alpha value is -3.22. The van der Waals surface area contributed by atoms with Crippen molar-refractivity contribution in [1.82, 2.24) is 14.5 Å². The number of hydrogen-bond acceptors (Lipinski definition) is 3. The van der Waals surface area contributed by atoms with Crippen LogP contribution >= 0.6 is 11.6 Å². The summed E-state index contributed by atoms with van der Waals surface area (Å²) in [6.07, 6.45) is 1.70. The molecule has 0 aliphatic carbocycles. The second-order valence-corrected chi connectivity index (χ2v) is 9.21. The highest BCUT2D eigenvalue weighted by atomic mass is 35.5. The summed E-state index contributed by atoms with van der Waals surface area (Å²) in [6.45, 7) is 2.85. The van der Waals surface area contributed by atoms with Crippen LogP contribution in [0.2, 0.25) is 5.02 Å². The van der Waals surface area contributed by atoms with Gasteiger partial charge in [-0.25, -0.2) is 9.37 Å². The van der Waals surface area contributed by atoms with E-state index in [0.717, 1.165) is 41.8 Å². The van der Waals surface area contributed by atoms with E-state index in [0.29, 0.717) is 24.7 Å². The van der Waals surface area contributed by atoms with Crippen molar-refractivity contribution in [3.63, 3.8) is 0 Å². The number of benzene rings is 3. The first kappa shape index (κ1) is 22.6. The van der Waals surface area contributed by atoms with E-state index in [1.54, 1.807) is 18.2 Å². The van der Waals surface area contributed by atoms with Gasteiger partial charge in [-0.2, -0.15) is 0 Å². The van der Waals surface area contributed by atoms with Crippen molar-refractivity contribution < 1.29 is 9.18 Å². The lowest BCUT2D eigenvalue weighted by Gasteiger charge is -2.31. The Morgan fingerprint density at radius 2 is 1.79 bits per heavy atom. The van der Waals surface area contributed by atoms with Crippen molar-refractivity contribution in [3.8, 4) is 0 Å². The topological polar surface area (TPSA) is 50.2 Å². The van der Waals surface area contributed by atoms with E-state index in [2.05, 4.69) is 20.9 Å². The lowest BCUT2D eigenvalue weighted by atomic mass is 9.97. The van der Waals surface area contributed by atoms with Gasteiger partial charge in [-0.1, -0.05) is 48.0 Å². The molecule has 1 aliphatic heterocycles. The highest BCUT2D eigenvalue weighted by Gasteiger charge is 2.27. The number of para-hydroxylation sites is 3. The van der Waals surface area contributed by atoms with Gasteiger partial charge in [0, 0.05) is 18.1 Å². The Labute approximate surface area is 203 Å². The molecule has 0 radical (unpaired) electrons. The molecule has 0 bridgehead atoms. The molecule has 3 aromatic carbocycles. The number of imidazole rings is 1. The van der Waals surface area contributed by atoms with Crippen LogP contribution in [0.1, 0.15) is 24.2 Å². The Morgan fingerprint density at radius 1 is 1.03 bits per heavy atom. The lowest BCUT2D eigenvalue weighted by molar-refractivity contribution is -0.121. The molecular formula is C27H26ClFN4O. The quantitative estimate of drug-likeness (QED) is 0.386. The van der Waals surface area contributed by atoms with Crippen LogP contribution in [0.4, 0.5) is 10.1 Å². The summed E-state index contributed by atoms with van der Waals surface area (Å²) in [6, 6.07) is 22.3. The normalized spacial score (nSPS) is 16.6. The molecule has 0 saturated carbocycles. The number of nitrogens with zero attached hydrogens (tertiary/aromatic N) is 3. The summed E-state index contributed by atoms with van der Waals surface area (Å²) in [5.74, 6) is 0.220. The molecular weight excluding hydrogens is 451 g/mol. The van der Waals surface area contributed by atoms with Crippen LogP contribution in [0.15, 0.2) is 72.8 Å². The number of aromatic nitrogens is 2. The van der Waals surface area contributed by atoms with Crippen LogP contribution in [0.3, 0.4) is 0 Å². The van der Waals surface area contributed by atoms with Gasteiger partial charge < -0.3 is 9.88 Å². The predicted molar refractivity (Wildman–Crippen MR) is 133 cm³/mol. The van der Waals surface area contributed by atoms with Crippen molar-refractivity contribution in [2.75, 3.05) is 18.4 Å². The van der Waals surface area contributed by atoms with Gasteiger partial charge in [0.2, 0.25) is 5.91 Å². The van der Waals surface area contributed by atoms with E-state index in [9.17, 15) is 9.18 Å². The molecule has 1 atom stereocenters.